The molecule has 24 heavy (non-hydrogen) atoms. The number of carbonyl (C=O) groups excluding carboxylic acids is 1. The molecule has 0 spiro atoms. The molecule has 0 bridgehead atoms. The molecule has 3 heterocycles. The fourth-order valence-electron chi connectivity index (χ4n) is 2.88. The van der Waals surface area contributed by atoms with Gasteiger partial charge in [-0.15, -0.1) is 11.3 Å². The highest BCUT2D eigenvalue weighted by molar-refractivity contribution is 7.16. The number of ether oxygens (including phenoxy) is 1. The number of carbonyl (C=O) groups is 1. The molecule has 6 nitrogen and oxygen atoms in total. The van der Waals surface area contributed by atoms with Crippen LogP contribution in [-0.4, -0.2) is 45.0 Å². The molecular formula is C17H16N4O2S. The van der Waals surface area contributed by atoms with Gasteiger partial charge in [-0.05, 0) is 37.1 Å². The van der Waals surface area contributed by atoms with E-state index in [2.05, 4.69) is 15.0 Å². The van der Waals surface area contributed by atoms with Gasteiger partial charge in [0.05, 0.1) is 22.3 Å². The van der Waals surface area contributed by atoms with Gasteiger partial charge in [0.1, 0.15) is 6.10 Å². The summed E-state index contributed by atoms with van der Waals surface area (Å²) in [6, 6.07) is 7.77. The van der Waals surface area contributed by atoms with Gasteiger partial charge >= 0.3 is 6.01 Å². The van der Waals surface area contributed by atoms with E-state index in [0.29, 0.717) is 18.1 Å². The Labute approximate surface area is 143 Å². The molecule has 7 heteroatoms. The molecule has 1 aliphatic rings. The van der Waals surface area contributed by atoms with Crippen LogP contribution < -0.4 is 4.74 Å². The van der Waals surface area contributed by atoms with Crippen LogP contribution in [0.4, 0.5) is 0 Å². The first-order chi connectivity index (χ1) is 11.8. The lowest BCUT2D eigenvalue weighted by Gasteiger charge is -2.32. The molecule has 0 saturated carbocycles. The lowest BCUT2D eigenvalue weighted by molar-refractivity contribution is 0.0516. The average Bonchev–Trinajstić information content (AvgIpc) is 3.10. The van der Waals surface area contributed by atoms with Crippen LogP contribution in [0.2, 0.25) is 0 Å². The van der Waals surface area contributed by atoms with Crippen molar-refractivity contribution in [3.63, 3.8) is 0 Å². The zero-order chi connectivity index (χ0) is 16.4. The van der Waals surface area contributed by atoms with Crippen molar-refractivity contribution in [2.24, 2.45) is 0 Å². The number of aromatic nitrogens is 3. The SMILES string of the molecule is O=C(c1ccc2ncsc2c1)N1CCCC(Oc2ncccn2)C1. The summed E-state index contributed by atoms with van der Waals surface area (Å²) >= 11 is 1.54. The molecule has 1 amide bonds. The summed E-state index contributed by atoms with van der Waals surface area (Å²) in [5.74, 6) is 0.0348. The van der Waals surface area contributed by atoms with Gasteiger partial charge in [0.25, 0.3) is 5.91 Å². The fourth-order valence-corrected chi connectivity index (χ4v) is 3.60. The molecular weight excluding hydrogens is 324 g/mol. The molecule has 0 N–H and O–H groups in total. The largest absolute Gasteiger partial charge is 0.458 e. The van der Waals surface area contributed by atoms with E-state index < -0.39 is 0 Å². The first kappa shape index (κ1) is 15.0. The molecule has 3 aromatic rings. The number of likely N-dealkylation sites (tertiary alicyclic amines) is 1. The monoisotopic (exact) mass is 340 g/mol. The second-order valence-corrected chi connectivity index (χ2v) is 6.59. The number of nitrogens with zero attached hydrogens (tertiary/aromatic N) is 4. The molecule has 1 aromatic carbocycles. The third kappa shape index (κ3) is 3.07. The molecule has 122 valence electrons. The summed E-state index contributed by atoms with van der Waals surface area (Å²) in [5, 5.41) is 0. The standard InChI is InChI=1S/C17H16N4O2S/c22-16(12-4-5-14-15(9-12)24-11-20-14)21-8-1-3-13(10-21)23-17-18-6-2-7-19-17/h2,4-7,9,11,13H,1,3,8,10H2. The number of hydrogen-bond acceptors (Lipinski definition) is 6. The van der Waals surface area contributed by atoms with E-state index in [4.69, 9.17) is 4.74 Å². The van der Waals surface area contributed by atoms with Crippen molar-refractivity contribution >= 4 is 27.5 Å². The van der Waals surface area contributed by atoms with Crippen LogP contribution in [0, 0.1) is 0 Å². The number of hydrogen-bond donors (Lipinski definition) is 0. The zero-order valence-electron chi connectivity index (χ0n) is 13.0. The number of amides is 1. The molecule has 2 aromatic heterocycles. The third-order valence-electron chi connectivity index (χ3n) is 4.06. The van der Waals surface area contributed by atoms with Crippen LogP contribution in [0.1, 0.15) is 23.2 Å². The molecule has 1 unspecified atom stereocenters. The van der Waals surface area contributed by atoms with Gasteiger partial charge < -0.3 is 9.64 Å². The highest BCUT2D eigenvalue weighted by Crippen LogP contribution is 2.22. The van der Waals surface area contributed by atoms with Crippen molar-refractivity contribution in [2.75, 3.05) is 13.1 Å². The van der Waals surface area contributed by atoms with Crippen LogP contribution in [0.3, 0.4) is 0 Å². The molecule has 1 fully saturated rings. The Morgan fingerprint density at radius 2 is 2.12 bits per heavy atom. The van der Waals surface area contributed by atoms with Crippen molar-refractivity contribution in [3.8, 4) is 6.01 Å². The molecule has 0 aliphatic carbocycles. The quantitative estimate of drug-likeness (QED) is 0.733. The first-order valence-corrected chi connectivity index (χ1v) is 8.74. The maximum absolute atomic E-state index is 12.8. The van der Waals surface area contributed by atoms with Gasteiger partial charge in [0.2, 0.25) is 0 Å². The summed E-state index contributed by atoms with van der Waals surface area (Å²) < 4.78 is 6.84. The first-order valence-electron chi connectivity index (χ1n) is 7.86. The lowest BCUT2D eigenvalue weighted by Crippen LogP contribution is -2.44. The zero-order valence-corrected chi connectivity index (χ0v) is 13.8. The van der Waals surface area contributed by atoms with Crippen molar-refractivity contribution in [1.29, 1.82) is 0 Å². The molecule has 1 atom stereocenters. The number of thiazole rings is 1. The van der Waals surface area contributed by atoms with E-state index in [9.17, 15) is 4.79 Å². The van der Waals surface area contributed by atoms with Crippen LogP contribution in [0.5, 0.6) is 6.01 Å². The molecule has 1 saturated heterocycles. The van der Waals surface area contributed by atoms with E-state index in [1.165, 1.54) is 0 Å². The van der Waals surface area contributed by atoms with Crippen LogP contribution in [-0.2, 0) is 0 Å². The summed E-state index contributed by atoms with van der Waals surface area (Å²) in [4.78, 5) is 27.1. The maximum atomic E-state index is 12.8. The average molecular weight is 340 g/mol. The minimum absolute atomic E-state index is 0.0348. The molecule has 1 aliphatic heterocycles. The van der Waals surface area contributed by atoms with Gasteiger partial charge in [0.15, 0.2) is 0 Å². The Hall–Kier alpha value is -2.54. The summed E-state index contributed by atoms with van der Waals surface area (Å²) in [6.07, 6.45) is 5.04. The van der Waals surface area contributed by atoms with E-state index in [1.807, 2.05) is 23.1 Å². The second kappa shape index (κ2) is 6.52. The number of fused-ring (bicyclic) bond motifs is 1. The van der Waals surface area contributed by atoms with Crippen LogP contribution in [0.15, 0.2) is 42.2 Å². The molecule has 4 rings (SSSR count). The topological polar surface area (TPSA) is 68.2 Å². The second-order valence-electron chi connectivity index (χ2n) is 5.70. The van der Waals surface area contributed by atoms with Crippen molar-refractivity contribution < 1.29 is 9.53 Å². The fraction of sp³-hybridized carbons (Fsp3) is 0.294. The van der Waals surface area contributed by atoms with Crippen molar-refractivity contribution in [3.05, 3.63) is 47.7 Å². The summed E-state index contributed by atoms with van der Waals surface area (Å²) in [6.45, 7) is 1.30. The Morgan fingerprint density at radius 1 is 1.25 bits per heavy atom. The molecule has 0 radical (unpaired) electrons. The Kier molecular flexibility index (Phi) is 4.08. The Balaban J connectivity index is 1.47. The van der Waals surface area contributed by atoms with Crippen LogP contribution in [0.25, 0.3) is 10.2 Å². The minimum Gasteiger partial charge on any atom is -0.458 e. The lowest BCUT2D eigenvalue weighted by atomic mass is 10.1. The number of benzene rings is 1. The van der Waals surface area contributed by atoms with E-state index in [0.717, 1.165) is 29.6 Å². The van der Waals surface area contributed by atoms with Gasteiger partial charge in [-0.3, -0.25) is 4.79 Å². The summed E-state index contributed by atoms with van der Waals surface area (Å²) in [5.41, 5.74) is 3.42. The summed E-state index contributed by atoms with van der Waals surface area (Å²) in [7, 11) is 0. The number of rotatable bonds is 3. The van der Waals surface area contributed by atoms with E-state index in [1.54, 1.807) is 35.3 Å². The van der Waals surface area contributed by atoms with E-state index >= 15 is 0 Å². The predicted molar refractivity (Wildman–Crippen MR) is 91.2 cm³/mol. The van der Waals surface area contributed by atoms with Crippen LogP contribution >= 0.6 is 11.3 Å². The Morgan fingerprint density at radius 3 is 3.00 bits per heavy atom. The maximum Gasteiger partial charge on any atom is 0.316 e. The van der Waals surface area contributed by atoms with Gasteiger partial charge in [-0.2, -0.15) is 0 Å². The smallest absolute Gasteiger partial charge is 0.316 e. The third-order valence-corrected chi connectivity index (χ3v) is 4.85. The highest BCUT2D eigenvalue weighted by atomic mass is 32.1. The number of piperidine rings is 1. The highest BCUT2D eigenvalue weighted by Gasteiger charge is 2.26. The van der Waals surface area contributed by atoms with Crippen molar-refractivity contribution in [1.82, 2.24) is 19.9 Å². The van der Waals surface area contributed by atoms with Gasteiger partial charge in [-0.25, -0.2) is 15.0 Å². The minimum atomic E-state index is -0.0720. The normalized spacial score (nSPS) is 17.8. The predicted octanol–water partition coefficient (Wildman–Crippen LogP) is 2.77. The van der Waals surface area contributed by atoms with E-state index in [-0.39, 0.29) is 12.0 Å². The Bertz CT molecular complexity index is 852. The van der Waals surface area contributed by atoms with Crippen molar-refractivity contribution in [2.45, 2.75) is 18.9 Å². The van der Waals surface area contributed by atoms with Gasteiger partial charge in [-0.1, -0.05) is 0 Å². The van der Waals surface area contributed by atoms with Gasteiger partial charge in [0, 0.05) is 24.5 Å².